The van der Waals surface area contributed by atoms with E-state index in [-0.39, 0.29) is 12.1 Å². The Bertz CT molecular complexity index is 825. The third kappa shape index (κ3) is 4.35. The second-order valence-electron chi connectivity index (χ2n) is 14.6. The first-order valence-corrected chi connectivity index (χ1v) is 15.6. The molecule has 35 heavy (non-hydrogen) atoms. The van der Waals surface area contributed by atoms with Gasteiger partial charge in [0.2, 0.25) is 0 Å². The Kier molecular flexibility index (Phi) is 7.26. The number of ether oxygens (including phenoxy) is 1. The minimum Gasteiger partial charge on any atom is -0.454 e. The summed E-state index contributed by atoms with van der Waals surface area (Å²) in [5, 5.41) is 0. The van der Waals surface area contributed by atoms with Crippen molar-refractivity contribution in [3.63, 3.8) is 0 Å². The highest BCUT2D eigenvalue weighted by Gasteiger charge is 2.61. The number of hydrogen-bond acceptors (Lipinski definition) is 2. The molecule has 1 heterocycles. The molecule has 3 fully saturated rings. The molecule has 3 saturated carbocycles. The van der Waals surface area contributed by atoms with E-state index in [1.54, 1.807) is 0 Å². The van der Waals surface area contributed by atoms with Crippen molar-refractivity contribution in [1.29, 1.82) is 0 Å². The summed E-state index contributed by atoms with van der Waals surface area (Å²) in [7, 11) is 0. The lowest BCUT2D eigenvalue weighted by atomic mass is 9.44. The third-order valence-electron chi connectivity index (χ3n) is 12.4. The normalized spacial score (nSPS) is 43.5. The minimum absolute atomic E-state index is 0.0339. The SMILES string of the molecule is CCCCC1OC(=O)C2=C1C[C@@]1(C)[C@@H](CC[C@@H]3[C@@H]1CC[C@]1(C)[C@@H]([C@H](C)CCCC(C)C)CC[C@@H]31)C2. The van der Waals surface area contributed by atoms with Crippen molar-refractivity contribution in [3.8, 4) is 0 Å². The highest BCUT2D eigenvalue weighted by Crippen LogP contribution is 2.69. The van der Waals surface area contributed by atoms with Gasteiger partial charge in [0, 0.05) is 5.57 Å². The van der Waals surface area contributed by atoms with Crippen molar-refractivity contribution in [3.05, 3.63) is 11.1 Å². The number of fused-ring (bicyclic) bond motifs is 5. The van der Waals surface area contributed by atoms with Gasteiger partial charge in [0.25, 0.3) is 0 Å². The Morgan fingerprint density at radius 2 is 1.71 bits per heavy atom. The lowest BCUT2D eigenvalue weighted by Crippen LogP contribution is -2.53. The van der Waals surface area contributed by atoms with Crippen LogP contribution in [-0.4, -0.2) is 12.1 Å². The molecule has 9 atom stereocenters. The van der Waals surface area contributed by atoms with Gasteiger partial charge in [-0.1, -0.05) is 67.2 Å². The molecule has 0 aromatic heterocycles. The lowest BCUT2D eigenvalue weighted by Gasteiger charge is -2.60. The predicted molar refractivity (Wildman–Crippen MR) is 145 cm³/mol. The largest absolute Gasteiger partial charge is 0.454 e. The number of carbonyl (C=O) groups is 1. The van der Waals surface area contributed by atoms with E-state index in [0.717, 1.165) is 66.8 Å². The zero-order valence-corrected chi connectivity index (χ0v) is 23.8. The van der Waals surface area contributed by atoms with Crippen molar-refractivity contribution < 1.29 is 9.53 Å². The molecular formula is C33H54O2. The fourth-order valence-electron chi connectivity index (χ4n) is 10.5. The molecule has 0 N–H and O–H groups in total. The molecule has 2 nitrogen and oxygen atoms in total. The van der Waals surface area contributed by atoms with Crippen molar-refractivity contribution in [1.82, 2.24) is 0 Å². The summed E-state index contributed by atoms with van der Waals surface area (Å²) in [6.45, 7) is 14.9. The van der Waals surface area contributed by atoms with E-state index < -0.39 is 0 Å². The highest BCUT2D eigenvalue weighted by molar-refractivity contribution is 5.92. The maximum absolute atomic E-state index is 12.8. The number of hydrogen-bond donors (Lipinski definition) is 0. The van der Waals surface area contributed by atoms with Crippen LogP contribution >= 0.6 is 0 Å². The maximum Gasteiger partial charge on any atom is 0.334 e. The van der Waals surface area contributed by atoms with Crippen LogP contribution in [0.5, 0.6) is 0 Å². The number of esters is 1. The van der Waals surface area contributed by atoms with Crippen LogP contribution < -0.4 is 0 Å². The van der Waals surface area contributed by atoms with Crippen LogP contribution in [0.25, 0.3) is 0 Å². The predicted octanol–water partition coefficient (Wildman–Crippen LogP) is 9.13. The lowest BCUT2D eigenvalue weighted by molar-refractivity contribution is -0.140. The summed E-state index contributed by atoms with van der Waals surface area (Å²) in [6, 6.07) is 0. The van der Waals surface area contributed by atoms with Crippen LogP contribution in [0.3, 0.4) is 0 Å². The zero-order chi connectivity index (χ0) is 25.0. The third-order valence-corrected chi connectivity index (χ3v) is 12.4. The van der Waals surface area contributed by atoms with E-state index in [9.17, 15) is 4.79 Å². The van der Waals surface area contributed by atoms with Gasteiger partial charge in [0.05, 0.1) is 0 Å². The molecule has 1 unspecified atom stereocenters. The molecule has 0 saturated heterocycles. The first-order valence-electron chi connectivity index (χ1n) is 15.6. The second kappa shape index (κ2) is 9.83. The fraction of sp³-hybridized carbons (Fsp3) is 0.909. The van der Waals surface area contributed by atoms with Crippen molar-refractivity contribution >= 4 is 5.97 Å². The smallest absolute Gasteiger partial charge is 0.334 e. The molecule has 2 heteroatoms. The van der Waals surface area contributed by atoms with Crippen LogP contribution in [-0.2, 0) is 9.53 Å². The Morgan fingerprint density at radius 3 is 2.46 bits per heavy atom. The molecular weight excluding hydrogens is 428 g/mol. The van der Waals surface area contributed by atoms with Crippen LogP contribution in [0.1, 0.15) is 131 Å². The van der Waals surface area contributed by atoms with Crippen molar-refractivity contribution in [2.24, 2.45) is 52.3 Å². The summed E-state index contributed by atoms with van der Waals surface area (Å²) in [4.78, 5) is 12.8. The van der Waals surface area contributed by atoms with E-state index in [0.29, 0.717) is 16.7 Å². The molecule has 4 aliphatic carbocycles. The quantitative estimate of drug-likeness (QED) is 0.322. The van der Waals surface area contributed by atoms with Crippen LogP contribution in [0.4, 0.5) is 0 Å². The molecule has 0 aromatic carbocycles. The standard InChI is InChI=1S/C33H54O2/c1-7-8-12-30-26-20-33(6)23(19-25(26)31(34)35-30)13-14-24-28-16-15-27(22(4)11-9-10-21(2)3)32(28,5)18-17-29(24)33/h21-24,27-30H,7-20H2,1-6H3/t22-,23+,24+,27-,28+,29+,30?,32-,33+/m1/s1. The maximum atomic E-state index is 12.8. The van der Waals surface area contributed by atoms with Gasteiger partial charge in [0.1, 0.15) is 6.10 Å². The summed E-state index contributed by atoms with van der Waals surface area (Å²) in [6.07, 6.45) is 18.4. The summed E-state index contributed by atoms with van der Waals surface area (Å²) in [5.41, 5.74) is 3.47. The summed E-state index contributed by atoms with van der Waals surface area (Å²) < 4.78 is 5.96. The average molecular weight is 483 g/mol. The molecule has 0 bridgehead atoms. The van der Waals surface area contributed by atoms with Gasteiger partial charge in [-0.3, -0.25) is 0 Å². The van der Waals surface area contributed by atoms with E-state index in [4.69, 9.17) is 4.74 Å². The molecule has 0 radical (unpaired) electrons. The number of cyclic esters (lactones) is 1. The second-order valence-corrected chi connectivity index (χ2v) is 14.6. The molecule has 198 valence electrons. The van der Waals surface area contributed by atoms with Crippen molar-refractivity contribution in [2.75, 3.05) is 0 Å². The average Bonchev–Trinajstić information content (AvgIpc) is 3.31. The van der Waals surface area contributed by atoms with Crippen LogP contribution in [0.2, 0.25) is 0 Å². The first-order chi connectivity index (χ1) is 16.7. The van der Waals surface area contributed by atoms with Gasteiger partial charge in [-0.25, -0.2) is 4.79 Å². The molecule has 0 aromatic rings. The molecule has 5 aliphatic rings. The summed E-state index contributed by atoms with van der Waals surface area (Å²) >= 11 is 0. The first kappa shape index (κ1) is 25.8. The monoisotopic (exact) mass is 482 g/mol. The van der Waals surface area contributed by atoms with Gasteiger partial charge in [-0.2, -0.15) is 0 Å². The van der Waals surface area contributed by atoms with E-state index in [1.807, 2.05) is 0 Å². The highest BCUT2D eigenvalue weighted by atomic mass is 16.5. The van der Waals surface area contributed by atoms with Gasteiger partial charge >= 0.3 is 5.97 Å². The Balaban J connectivity index is 1.32. The molecule has 5 rings (SSSR count). The topological polar surface area (TPSA) is 26.3 Å². The Morgan fingerprint density at radius 1 is 0.943 bits per heavy atom. The molecule has 0 amide bonds. The number of carbonyl (C=O) groups excluding carboxylic acids is 1. The van der Waals surface area contributed by atoms with Gasteiger partial charge in [-0.15, -0.1) is 0 Å². The number of unbranched alkanes of at least 4 members (excludes halogenated alkanes) is 1. The minimum atomic E-state index is 0.0339. The number of rotatable bonds is 8. The van der Waals surface area contributed by atoms with Gasteiger partial charge < -0.3 is 4.74 Å². The molecule has 0 spiro atoms. The molecule has 1 aliphatic heterocycles. The van der Waals surface area contributed by atoms with E-state index >= 15 is 0 Å². The van der Waals surface area contributed by atoms with Gasteiger partial charge in [-0.05, 0) is 122 Å². The fourth-order valence-corrected chi connectivity index (χ4v) is 10.5. The van der Waals surface area contributed by atoms with Crippen molar-refractivity contribution in [2.45, 2.75) is 138 Å². The van der Waals surface area contributed by atoms with E-state index in [1.165, 1.54) is 69.8 Å². The Labute approximate surface area is 216 Å². The zero-order valence-electron chi connectivity index (χ0n) is 23.8. The van der Waals surface area contributed by atoms with Crippen LogP contribution in [0, 0.1) is 52.3 Å². The summed E-state index contributed by atoms with van der Waals surface area (Å²) in [5.74, 6) is 6.09. The van der Waals surface area contributed by atoms with E-state index in [2.05, 4.69) is 41.5 Å². The van der Waals surface area contributed by atoms with Gasteiger partial charge in [0.15, 0.2) is 0 Å². The van der Waals surface area contributed by atoms with Crippen LogP contribution in [0.15, 0.2) is 11.1 Å². The Hall–Kier alpha value is -0.790.